The van der Waals surface area contributed by atoms with Crippen LogP contribution in [-0.2, 0) is 20.0 Å². The minimum Gasteiger partial charge on any atom is -0.336 e. The highest BCUT2D eigenvalue weighted by molar-refractivity contribution is 9.11. The number of hydrogen-bond acceptors (Lipinski definition) is 3. The zero-order chi connectivity index (χ0) is 14.0. The molecule has 0 radical (unpaired) electrons. The highest BCUT2D eigenvalue weighted by atomic mass is 79.9. The summed E-state index contributed by atoms with van der Waals surface area (Å²) in [4.78, 5) is 14.1. The van der Waals surface area contributed by atoms with Gasteiger partial charge in [-0.05, 0) is 45.4 Å². The van der Waals surface area contributed by atoms with Crippen LogP contribution in [0.3, 0.4) is 0 Å². The van der Waals surface area contributed by atoms with E-state index in [1.165, 1.54) is 0 Å². The number of hydrogen-bond donors (Lipinski definition) is 0. The molecular formula is C13H16BrN3OS. The summed E-state index contributed by atoms with van der Waals surface area (Å²) in [5, 5.41) is 6.36. The lowest BCUT2D eigenvalue weighted by Crippen LogP contribution is -2.27. The number of carbonyl (C=O) groups is 1. The summed E-state index contributed by atoms with van der Waals surface area (Å²) in [7, 11) is 3.62. The van der Waals surface area contributed by atoms with E-state index < -0.39 is 0 Å². The summed E-state index contributed by atoms with van der Waals surface area (Å²) >= 11 is 5.06. The molecule has 0 spiro atoms. The van der Waals surface area contributed by atoms with E-state index in [9.17, 15) is 4.79 Å². The topological polar surface area (TPSA) is 38.1 Å². The van der Waals surface area contributed by atoms with Gasteiger partial charge in [-0.1, -0.05) is 6.92 Å². The molecule has 0 aliphatic carbocycles. The molecule has 0 aromatic carbocycles. The molecule has 2 aromatic rings. The first-order valence-electron chi connectivity index (χ1n) is 6.02. The third-order valence-electron chi connectivity index (χ3n) is 2.90. The van der Waals surface area contributed by atoms with Gasteiger partial charge in [-0.25, -0.2) is 0 Å². The molecule has 6 heteroatoms. The molecule has 2 rings (SSSR count). The second-order valence-electron chi connectivity index (χ2n) is 4.42. The fraction of sp³-hybridized carbons (Fsp3) is 0.385. The summed E-state index contributed by atoms with van der Waals surface area (Å²) in [6, 6.07) is 3.90. The molecule has 0 fully saturated rings. The van der Waals surface area contributed by atoms with Gasteiger partial charge in [-0.3, -0.25) is 9.48 Å². The number of halogens is 1. The Kier molecular flexibility index (Phi) is 4.42. The van der Waals surface area contributed by atoms with Crippen LogP contribution in [0.4, 0.5) is 0 Å². The van der Waals surface area contributed by atoms with Crippen molar-refractivity contribution in [3.63, 3.8) is 0 Å². The van der Waals surface area contributed by atoms with Gasteiger partial charge in [-0.2, -0.15) is 5.10 Å². The summed E-state index contributed by atoms with van der Waals surface area (Å²) < 4.78 is 2.73. The zero-order valence-corrected chi connectivity index (χ0v) is 13.6. The molecule has 0 unspecified atom stereocenters. The van der Waals surface area contributed by atoms with Crippen molar-refractivity contribution >= 4 is 33.2 Å². The summed E-state index contributed by atoms with van der Waals surface area (Å²) in [6.07, 6.45) is 0.836. The van der Waals surface area contributed by atoms with Crippen molar-refractivity contribution in [2.45, 2.75) is 19.9 Å². The first-order chi connectivity index (χ1) is 9.01. The highest BCUT2D eigenvalue weighted by Crippen LogP contribution is 2.22. The number of aryl methyl sites for hydroxylation is 2. The Morgan fingerprint density at radius 2 is 2.26 bits per heavy atom. The van der Waals surface area contributed by atoms with E-state index in [-0.39, 0.29) is 5.91 Å². The number of nitrogens with zero attached hydrogens (tertiary/aromatic N) is 3. The van der Waals surface area contributed by atoms with E-state index in [0.717, 1.165) is 21.5 Å². The van der Waals surface area contributed by atoms with Crippen molar-refractivity contribution in [2.24, 2.45) is 7.05 Å². The first kappa shape index (κ1) is 14.3. The summed E-state index contributed by atoms with van der Waals surface area (Å²) in [5.41, 5.74) is 2.71. The molecule has 4 nitrogen and oxygen atoms in total. The van der Waals surface area contributed by atoms with E-state index in [1.807, 2.05) is 26.1 Å². The first-order valence-corrected chi connectivity index (χ1v) is 7.69. The fourth-order valence-corrected chi connectivity index (χ4v) is 3.07. The fourth-order valence-electron chi connectivity index (χ4n) is 1.87. The van der Waals surface area contributed by atoms with Gasteiger partial charge in [0.2, 0.25) is 0 Å². The van der Waals surface area contributed by atoms with Gasteiger partial charge in [0.15, 0.2) is 0 Å². The van der Waals surface area contributed by atoms with E-state index in [1.54, 1.807) is 28.0 Å². The smallest absolute Gasteiger partial charge is 0.272 e. The molecule has 0 saturated carbocycles. The standard InChI is InChI=1S/C13H16BrN3OS/c1-4-10-6-11(17(3)15-10)13(18)16(2)7-9-5-12(14)19-8-9/h5-6,8H,4,7H2,1-3H3. The van der Waals surface area contributed by atoms with Crippen LogP contribution in [0.2, 0.25) is 0 Å². The molecule has 2 heterocycles. The van der Waals surface area contributed by atoms with Crippen molar-refractivity contribution < 1.29 is 4.79 Å². The van der Waals surface area contributed by atoms with Gasteiger partial charge in [0.25, 0.3) is 5.91 Å². The third-order valence-corrected chi connectivity index (χ3v) is 4.45. The number of amides is 1. The SMILES string of the molecule is CCc1cc(C(=O)N(C)Cc2csc(Br)c2)n(C)n1. The predicted octanol–water partition coefficient (Wildman–Crippen LogP) is 3.08. The number of thiophene rings is 1. The van der Waals surface area contributed by atoms with E-state index >= 15 is 0 Å². The van der Waals surface area contributed by atoms with Crippen LogP contribution in [0.15, 0.2) is 21.3 Å². The Labute approximate surface area is 125 Å². The van der Waals surface area contributed by atoms with Crippen LogP contribution in [0, 0.1) is 0 Å². The molecule has 0 aliphatic heterocycles. The minimum absolute atomic E-state index is 0.00276. The van der Waals surface area contributed by atoms with Crippen molar-refractivity contribution in [3.8, 4) is 0 Å². The molecule has 0 atom stereocenters. The van der Waals surface area contributed by atoms with Crippen molar-refractivity contribution in [3.05, 3.63) is 38.3 Å². The molecule has 0 saturated heterocycles. The Bertz CT molecular complexity index is 590. The molecule has 2 aromatic heterocycles. The van der Waals surface area contributed by atoms with Crippen LogP contribution in [-0.4, -0.2) is 27.6 Å². The molecule has 0 bridgehead atoms. The second-order valence-corrected chi connectivity index (χ2v) is 6.71. The predicted molar refractivity (Wildman–Crippen MR) is 80.4 cm³/mol. The number of rotatable bonds is 4. The van der Waals surface area contributed by atoms with Crippen molar-refractivity contribution in [2.75, 3.05) is 7.05 Å². The Morgan fingerprint density at radius 3 is 2.79 bits per heavy atom. The molecule has 0 aliphatic rings. The maximum absolute atomic E-state index is 12.4. The van der Waals surface area contributed by atoms with E-state index in [2.05, 4.69) is 26.4 Å². The van der Waals surface area contributed by atoms with E-state index in [4.69, 9.17) is 0 Å². The molecule has 1 amide bonds. The van der Waals surface area contributed by atoms with Gasteiger partial charge < -0.3 is 4.90 Å². The van der Waals surface area contributed by atoms with Crippen LogP contribution in [0.1, 0.15) is 28.7 Å². The normalized spacial score (nSPS) is 10.7. The highest BCUT2D eigenvalue weighted by Gasteiger charge is 2.17. The van der Waals surface area contributed by atoms with Gasteiger partial charge in [0, 0.05) is 20.6 Å². The number of carbonyl (C=O) groups excluding carboxylic acids is 1. The lowest BCUT2D eigenvalue weighted by molar-refractivity contribution is 0.0774. The lowest BCUT2D eigenvalue weighted by Gasteiger charge is -2.16. The quantitative estimate of drug-likeness (QED) is 0.856. The van der Waals surface area contributed by atoms with Crippen molar-refractivity contribution in [1.29, 1.82) is 0 Å². The third kappa shape index (κ3) is 3.25. The molecule has 0 N–H and O–H groups in total. The van der Waals surface area contributed by atoms with E-state index in [0.29, 0.717) is 12.2 Å². The van der Waals surface area contributed by atoms with Crippen LogP contribution in [0.5, 0.6) is 0 Å². The van der Waals surface area contributed by atoms with Gasteiger partial charge >= 0.3 is 0 Å². The molecular weight excluding hydrogens is 326 g/mol. The van der Waals surface area contributed by atoms with Crippen LogP contribution >= 0.6 is 27.3 Å². The average molecular weight is 342 g/mol. The zero-order valence-electron chi connectivity index (χ0n) is 11.2. The van der Waals surface area contributed by atoms with Crippen LogP contribution in [0.25, 0.3) is 0 Å². The molecule has 102 valence electrons. The van der Waals surface area contributed by atoms with Gasteiger partial charge in [0.1, 0.15) is 5.69 Å². The largest absolute Gasteiger partial charge is 0.336 e. The number of aromatic nitrogens is 2. The maximum atomic E-state index is 12.4. The lowest BCUT2D eigenvalue weighted by atomic mass is 10.2. The summed E-state index contributed by atoms with van der Waals surface area (Å²) in [5.74, 6) is -0.00276. The Balaban J connectivity index is 2.12. The second kappa shape index (κ2) is 5.88. The summed E-state index contributed by atoms with van der Waals surface area (Å²) in [6.45, 7) is 2.64. The Hall–Kier alpha value is -1.14. The molecule has 19 heavy (non-hydrogen) atoms. The van der Waals surface area contributed by atoms with Gasteiger partial charge in [0.05, 0.1) is 9.48 Å². The van der Waals surface area contributed by atoms with Crippen molar-refractivity contribution in [1.82, 2.24) is 14.7 Å². The minimum atomic E-state index is -0.00276. The average Bonchev–Trinajstić information content (AvgIpc) is 2.94. The van der Waals surface area contributed by atoms with Crippen LogP contribution < -0.4 is 0 Å². The maximum Gasteiger partial charge on any atom is 0.272 e. The monoisotopic (exact) mass is 341 g/mol. The van der Waals surface area contributed by atoms with Gasteiger partial charge in [-0.15, -0.1) is 11.3 Å². The Morgan fingerprint density at radius 1 is 1.53 bits per heavy atom.